The number of fused-ring (bicyclic) bond motifs is 1. The van der Waals surface area contributed by atoms with E-state index in [2.05, 4.69) is 33.6 Å². The zero-order valence-electron chi connectivity index (χ0n) is 14.9. The van der Waals surface area contributed by atoms with E-state index in [0.717, 1.165) is 23.2 Å². The highest BCUT2D eigenvalue weighted by atomic mass is 16.1. The van der Waals surface area contributed by atoms with Gasteiger partial charge in [-0.3, -0.25) is 14.5 Å². The first kappa shape index (κ1) is 16.5. The molecule has 0 spiro atoms. The standard InChI is InChI=1S/C21H22N4O/c1-25-20(18-9-8-16-6-2-3-7-17(16)11-18)12-19(24-25)21(26)23-14-15-5-4-10-22-13-15/h4-5,8-13H,2-3,6-7,14H2,1H3,(H,23,26). The molecule has 26 heavy (non-hydrogen) atoms. The maximum atomic E-state index is 12.4. The van der Waals surface area contributed by atoms with Gasteiger partial charge >= 0.3 is 0 Å². The van der Waals surface area contributed by atoms with Crippen LogP contribution < -0.4 is 5.32 Å². The van der Waals surface area contributed by atoms with Crippen LogP contribution in [0.2, 0.25) is 0 Å². The van der Waals surface area contributed by atoms with Crippen molar-refractivity contribution in [1.29, 1.82) is 0 Å². The van der Waals surface area contributed by atoms with Crippen LogP contribution in [0.1, 0.15) is 40.0 Å². The summed E-state index contributed by atoms with van der Waals surface area (Å²) >= 11 is 0. The number of hydrogen-bond donors (Lipinski definition) is 1. The van der Waals surface area contributed by atoms with Gasteiger partial charge in [0.25, 0.3) is 5.91 Å². The van der Waals surface area contributed by atoms with Crippen LogP contribution in [0.5, 0.6) is 0 Å². The van der Waals surface area contributed by atoms with E-state index in [1.54, 1.807) is 17.1 Å². The number of rotatable bonds is 4. The summed E-state index contributed by atoms with van der Waals surface area (Å²) in [5, 5.41) is 7.30. The van der Waals surface area contributed by atoms with E-state index < -0.39 is 0 Å². The number of pyridine rings is 1. The van der Waals surface area contributed by atoms with Crippen LogP contribution in [-0.2, 0) is 26.4 Å². The summed E-state index contributed by atoms with van der Waals surface area (Å²) in [5.41, 5.74) is 6.36. The molecule has 1 aliphatic rings. The van der Waals surface area contributed by atoms with E-state index in [0.29, 0.717) is 12.2 Å². The van der Waals surface area contributed by atoms with Crippen molar-refractivity contribution in [2.24, 2.45) is 7.05 Å². The monoisotopic (exact) mass is 346 g/mol. The van der Waals surface area contributed by atoms with Crippen LogP contribution in [0, 0.1) is 0 Å². The largest absolute Gasteiger partial charge is 0.347 e. The molecular formula is C21H22N4O. The molecule has 1 aromatic carbocycles. The summed E-state index contributed by atoms with van der Waals surface area (Å²) in [6.07, 6.45) is 8.30. The van der Waals surface area contributed by atoms with Gasteiger partial charge in [0.1, 0.15) is 0 Å². The lowest BCUT2D eigenvalue weighted by Gasteiger charge is -2.16. The van der Waals surface area contributed by atoms with Gasteiger partial charge in [0.15, 0.2) is 5.69 Å². The summed E-state index contributed by atoms with van der Waals surface area (Å²) in [6, 6.07) is 12.3. The van der Waals surface area contributed by atoms with E-state index in [1.807, 2.05) is 25.2 Å². The Hall–Kier alpha value is -2.95. The fourth-order valence-corrected chi connectivity index (χ4v) is 3.52. The normalized spacial score (nSPS) is 13.3. The van der Waals surface area contributed by atoms with Crippen molar-refractivity contribution in [3.63, 3.8) is 0 Å². The molecule has 0 radical (unpaired) electrons. The molecule has 1 amide bonds. The van der Waals surface area contributed by atoms with Gasteiger partial charge in [-0.05, 0) is 60.6 Å². The average Bonchev–Trinajstić information content (AvgIpc) is 3.08. The molecule has 0 saturated heterocycles. The highest BCUT2D eigenvalue weighted by Crippen LogP contribution is 2.27. The highest BCUT2D eigenvalue weighted by molar-refractivity contribution is 5.93. The molecule has 0 bridgehead atoms. The smallest absolute Gasteiger partial charge is 0.272 e. The molecule has 0 unspecified atom stereocenters. The zero-order valence-corrected chi connectivity index (χ0v) is 14.9. The first-order valence-electron chi connectivity index (χ1n) is 9.04. The second-order valence-electron chi connectivity index (χ2n) is 6.77. The van der Waals surface area contributed by atoms with Crippen LogP contribution in [0.3, 0.4) is 0 Å². The molecule has 132 valence electrons. The molecule has 2 aromatic heterocycles. The third-order valence-electron chi connectivity index (χ3n) is 4.93. The van der Waals surface area contributed by atoms with Crippen molar-refractivity contribution in [3.8, 4) is 11.3 Å². The lowest BCUT2D eigenvalue weighted by Crippen LogP contribution is -2.23. The SMILES string of the molecule is Cn1nc(C(=O)NCc2cccnc2)cc1-c1ccc2c(c1)CCCC2. The summed E-state index contributed by atoms with van der Waals surface area (Å²) in [5.74, 6) is -0.173. The number of carbonyl (C=O) groups is 1. The van der Waals surface area contributed by atoms with Crippen LogP contribution in [0.15, 0.2) is 48.8 Å². The maximum absolute atomic E-state index is 12.4. The lowest BCUT2D eigenvalue weighted by molar-refractivity contribution is 0.0945. The number of aryl methyl sites for hydroxylation is 3. The van der Waals surface area contributed by atoms with Gasteiger partial charge in [0.2, 0.25) is 0 Å². The molecule has 0 saturated carbocycles. The Bertz CT molecular complexity index is 930. The number of amides is 1. The Kier molecular flexibility index (Phi) is 4.52. The number of nitrogens with zero attached hydrogens (tertiary/aromatic N) is 3. The number of nitrogens with one attached hydrogen (secondary N) is 1. The maximum Gasteiger partial charge on any atom is 0.272 e. The van der Waals surface area contributed by atoms with Gasteiger partial charge in [-0.25, -0.2) is 0 Å². The van der Waals surface area contributed by atoms with Gasteiger partial charge in [0.05, 0.1) is 5.69 Å². The third-order valence-corrected chi connectivity index (χ3v) is 4.93. The van der Waals surface area contributed by atoms with Gasteiger partial charge < -0.3 is 5.32 Å². The molecular weight excluding hydrogens is 324 g/mol. The van der Waals surface area contributed by atoms with E-state index >= 15 is 0 Å². The molecule has 1 N–H and O–H groups in total. The van der Waals surface area contributed by atoms with Crippen molar-refractivity contribution in [3.05, 3.63) is 71.2 Å². The van der Waals surface area contributed by atoms with E-state index in [4.69, 9.17) is 0 Å². The second-order valence-corrected chi connectivity index (χ2v) is 6.77. The summed E-state index contributed by atoms with van der Waals surface area (Å²) in [4.78, 5) is 16.5. The zero-order chi connectivity index (χ0) is 17.9. The Labute approximate surface area is 153 Å². The van der Waals surface area contributed by atoms with Crippen molar-refractivity contribution < 1.29 is 4.79 Å². The van der Waals surface area contributed by atoms with Gasteiger partial charge in [-0.15, -0.1) is 0 Å². The number of carbonyl (C=O) groups excluding carboxylic acids is 1. The molecule has 4 rings (SSSR count). The topological polar surface area (TPSA) is 59.8 Å². The minimum Gasteiger partial charge on any atom is -0.347 e. The van der Waals surface area contributed by atoms with Crippen LogP contribution in [0.25, 0.3) is 11.3 Å². The van der Waals surface area contributed by atoms with Gasteiger partial charge in [-0.2, -0.15) is 5.10 Å². The molecule has 5 heteroatoms. The number of aromatic nitrogens is 3. The summed E-state index contributed by atoms with van der Waals surface area (Å²) < 4.78 is 1.78. The van der Waals surface area contributed by atoms with Crippen molar-refractivity contribution >= 4 is 5.91 Å². The predicted octanol–water partition coefficient (Wildman–Crippen LogP) is 3.29. The van der Waals surface area contributed by atoms with Gasteiger partial charge in [0, 0.05) is 31.5 Å². The summed E-state index contributed by atoms with van der Waals surface area (Å²) in [7, 11) is 1.88. The average molecular weight is 346 g/mol. The third kappa shape index (κ3) is 3.38. The minimum absolute atomic E-state index is 0.173. The Morgan fingerprint density at radius 1 is 1.15 bits per heavy atom. The van der Waals surface area contributed by atoms with E-state index in [-0.39, 0.29) is 5.91 Å². The first-order valence-corrected chi connectivity index (χ1v) is 9.04. The Morgan fingerprint density at radius 2 is 2.00 bits per heavy atom. The van der Waals surface area contributed by atoms with Crippen LogP contribution in [0.4, 0.5) is 0 Å². The quantitative estimate of drug-likeness (QED) is 0.788. The summed E-state index contributed by atoms with van der Waals surface area (Å²) in [6.45, 7) is 0.442. The molecule has 1 aliphatic carbocycles. The van der Waals surface area contributed by atoms with E-state index in [1.165, 1.54) is 30.4 Å². The van der Waals surface area contributed by atoms with Crippen molar-refractivity contribution in [1.82, 2.24) is 20.1 Å². The van der Waals surface area contributed by atoms with Crippen molar-refractivity contribution in [2.45, 2.75) is 32.2 Å². The van der Waals surface area contributed by atoms with Crippen molar-refractivity contribution in [2.75, 3.05) is 0 Å². The molecule has 0 atom stereocenters. The van der Waals surface area contributed by atoms with E-state index in [9.17, 15) is 4.79 Å². The minimum atomic E-state index is -0.173. The van der Waals surface area contributed by atoms with Gasteiger partial charge in [-0.1, -0.05) is 18.2 Å². The Morgan fingerprint density at radius 3 is 2.81 bits per heavy atom. The molecule has 3 aromatic rings. The molecule has 2 heterocycles. The molecule has 5 nitrogen and oxygen atoms in total. The lowest BCUT2D eigenvalue weighted by atomic mass is 9.90. The number of benzene rings is 1. The number of hydrogen-bond acceptors (Lipinski definition) is 3. The second kappa shape index (κ2) is 7.12. The molecule has 0 aliphatic heterocycles. The Balaban J connectivity index is 1.53. The van der Waals surface area contributed by atoms with Crippen LogP contribution >= 0.6 is 0 Å². The fourth-order valence-electron chi connectivity index (χ4n) is 3.52. The first-order chi connectivity index (χ1) is 12.7. The van der Waals surface area contributed by atoms with Crippen LogP contribution in [-0.4, -0.2) is 20.7 Å². The predicted molar refractivity (Wildman–Crippen MR) is 101 cm³/mol. The highest BCUT2D eigenvalue weighted by Gasteiger charge is 2.16. The fraction of sp³-hybridized carbons (Fsp3) is 0.286. The molecule has 0 fully saturated rings.